The normalized spacial score (nSPS) is 10.4. The van der Waals surface area contributed by atoms with Crippen molar-refractivity contribution in [3.8, 4) is 22.6 Å². The molecule has 0 saturated heterocycles. The van der Waals surface area contributed by atoms with Crippen LogP contribution in [0, 0.1) is 6.92 Å². The van der Waals surface area contributed by atoms with Gasteiger partial charge in [-0.2, -0.15) is 0 Å². The number of hydrogen-bond acceptors (Lipinski definition) is 5. The SMILES string of the molecule is C=CC(=O)Oc1cccc(N(c2ccc(-c3ccc(C)cc3)cc2)c2cccc(OC(=O)CC)c2)c1. The van der Waals surface area contributed by atoms with E-state index in [9.17, 15) is 9.59 Å². The van der Waals surface area contributed by atoms with Crippen molar-refractivity contribution in [3.63, 3.8) is 0 Å². The van der Waals surface area contributed by atoms with Crippen molar-refractivity contribution in [3.05, 3.63) is 115 Å². The Labute approximate surface area is 211 Å². The van der Waals surface area contributed by atoms with Crippen LogP contribution in [0.15, 0.2) is 110 Å². The number of hydrogen-bond donors (Lipinski definition) is 0. The molecule has 0 radical (unpaired) electrons. The average Bonchev–Trinajstić information content (AvgIpc) is 2.90. The lowest BCUT2D eigenvalue weighted by molar-refractivity contribution is -0.134. The molecule has 4 aromatic rings. The monoisotopic (exact) mass is 477 g/mol. The minimum absolute atomic E-state index is 0.283. The molecule has 0 aliphatic rings. The third kappa shape index (κ3) is 5.88. The molecule has 0 aliphatic carbocycles. The zero-order valence-corrected chi connectivity index (χ0v) is 20.3. The Morgan fingerprint density at radius 3 is 1.81 bits per heavy atom. The highest BCUT2D eigenvalue weighted by Crippen LogP contribution is 2.38. The second kappa shape index (κ2) is 11.2. The van der Waals surface area contributed by atoms with Gasteiger partial charge in [-0.15, -0.1) is 0 Å². The van der Waals surface area contributed by atoms with Gasteiger partial charge in [0.15, 0.2) is 0 Å². The Bertz CT molecular complexity index is 1370. The largest absolute Gasteiger partial charge is 0.426 e. The van der Waals surface area contributed by atoms with Crippen molar-refractivity contribution in [2.45, 2.75) is 20.3 Å². The Morgan fingerprint density at radius 2 is 1.28 bits per heavy atom. The van der Waals surface area contributed by atoms with Crippen molar-refractivity contribution in [2.75, 3.05) is 4.90 Å². The lowest BCUT2D eigenvalue weighted by Gasteiger charge is -2.26. The van der Waals surface area contributed by atoms with Crippen molar-refractivity contribution in [2.24, 2.45) is 0 Å². The summed E-state index contributed by atoms with van der Waals surface area (Å²) in [4.78, 5) is 25.7. The van der Waals surface area contributed by atoms with Gasteiger partial charge in [0.2, 0.25) is 0 Å². The van der Waals surface area contributed by atoms with Gasteiger partial charge in [0.25, 0.3) is 0 Å². The summed E-state index contributed by atoms with van der Waals surface area (Å²) in [5.41, 5.74) is 5.88. The van der Waals surface area contributed by atoms with Crippen LogP contribution in [-0.2, 0) is 9.59 Å². The Hall–Kier alpha value is -4.64. The van der Waals surface area contributed by atoms with Crippen LogP contribution < -0.4 is 14.4 Å². The molecule has 4 rings (SSSR count). The molecule has 4 aromatic carbocycles. The maximum Gasteiger partial charge on any atom is 0.335 e. The van der Waals surface area contributed by atoms with E-state index in [2.05, 4.69) is 49.9 Å². The van der Waals surface area contributed by atoms with Crippen LogP contribution in [0.5, 0.6) is 11.5 Å². The quantitative estimate of drug-likeness (QED) is 0.149. The summed E-state index contributed by atoms with van der Waals surface area (Å²) in [6.45, 7) is 7.28. The summed E-state index contributed by atoms with van der Waals surface area (Å²) in [6, 6.07) is 31.1. The predicted octanol–water partition coefficient (Wildman–Crippen LogP) is 7.54. The van der Waals surface area contributed by atoms with Gasteiger partial charge in [-0.05, 0) is 54.4 Å². The summed E-state index contributed by atoms with van der Waals surface area (Å²) in [5.74, 6) is 0.0104. The molecule has 0 bridgehead atoms. The molecular weight excluding hydrogens is 450 g/mol. The van der Waals surface area contributed by atoms with Crippen LogP contribution in [0.4, 0.5) is 17.1 Å². The van der Waals surface area contributed by atoms with Gasteiger partial charge in [0, 0.05) is 41.7 Å². The number of rotatable bonds is 8. The number of esters is 2. The Kier molecular flexibility index (Phi) is 7.61. The average molecular weight is 478 g/mol. The van der Waals surface area contributed by atoms with Crippen LogP contribution in [-0.4, -0.2) is 11.9 Å². The Morgan fingerprint density at radius 1 is 0.750 bits per heavy atom. The number of carbonyl (C=O) groups excluding carboxylic acids is 2. The van der Waals surface area contributed by atoms with Gasteiger partial charge in [-0.25, -0.2) is 4.79 Å². The molecule has 5 nitrogen and oxygen atoms in total. The van der Waals surface area contributed by atoms with Crippen molar-refractivity contribution in [1.29, 1.82) is 0 Å². The molecule has 0 heterocycles. The van der Waals surface area contributed by atoms with Crippen molar-refractivity contribution in [1.82, 2.24) is 0 Å². The summed E-state index contributed by atoms with van der Waals surface area (Å²) in [6.07, 6.45) is 1.41. The first-order valence-corrected chi connectivity index (χ1v) is 11.7. The van der Waals surface area contributed by atoms with E-state index in [-0.39, 0.29) is 12.4 Å². The molecule has 0 N–H and O–H groups in total. The van der Waals surface area contributed by atoms with Gasteiger partial charge in [-0.3, -0.25) is 4.79 Å². The van der Waals surface area contributed by atoms with E-state index in [0.29, 0.717) is 11.5 Å². The van der Waals surface area contributed by atoms with Gasteiger partial charge in [0.1, 0.15) is 11.5 Å². The number of benzene rings is 4. The molecule has 0 fully saturated rings. The number of carbonyl (C=O) groups is 2. The second-order valence-corrected chi connectivity index (χ2v) is 8.20. The summed E-state index contributed by atoms with van der Waals surface area (Å²) in [5, 5.41) is 0. The van der Waals surface area contributed by atoms with Gasteiger partial charge in [-0.1, -0.05) is 67.6 Å². The van der Waals surface area contributed by atoms with Crippen LogP contribution in [0.1, 0.15) is 18.9 Å². The number of ether oxygens (including phenoxy) is 2. The van der Waals surface area contributed by atoms with E-state index in [1.807, 2.05) is 47.4 Å². The van der Waals surface area contributed by atoms with Crippen LogP contribution in [0.2, 0.25) is 0 Å². The van der Waals surface area contributed by atoms with Crippen LogP contribution in [0.25, 0.3) is 11.1 Å². The number of aryl methyl sites for hydroxylation is 1. The number of anilines is 3. The van der Waals surface area contributed by atoms with E-state index in [1.54, 1.807) is 25.1 Å². The molecule has 0 amide bonds. The molecule has 5 heteroatoms. The second-order valence-electron chi connectivity index (χ2n) is 8.20. The molecule has 0 unspecified atom stereocenters. The molecule has 0 aliphatic heterocycles. The fourth-order valence-electron chi connectivity index (χ4n) is 3.73. The third-order valence-corrected chi connectivity index (χ3v) is 5.57. The fraction of sp³-hybridized carbons (Fsp3) is 0.0968. The molecule has 0 saturated carbocycles. The predicted molar refractivity (Wildman–Crippen MR) is 143 cm³/mol. The maximum absolute atomic E-state index is 11.9. The van der Waals surface area contributed by atoms with E-state index < -0.39 is 5.97 Å². The van der Waals surface area contributed by atoms with E-state index in [4.69, 9.17) is 9.47 Å². The van der Waals surface area contributed by atoms with E-state index in [1.165, 1.54) is 5.56 Å². The van der Waals surface area contributed by atoms with Gasteiger partial charge >= 0.3 is 11.9 Å². The molecule has 0 spiro atoms. The smallest absolute Gasteiger partial charge is 0.335 e. The first-order valence-electron chi connectivity index (χ1n) is 11.7. The first-order chi connectivity index (χ1) is 17.5. The van der Waals surface area contributed by atoms with E-state index in [0.717, 1.165) is 34.3 Å². The highest BCUT2D eigenvalue weighted by Gasteiger charge is 2.15. The zero-order valence-electron chi connectivity index (χ0n) is 20.3. The molecule has 0 atom stereocenters. The van der Waals surface area contributed by atoms with Crippen molar-refractivity contribution >= 4 is 29.0 Å². The minimum atomic E-state index is -0.533. The highest BCUT2D eigenvalue weighted by atomic mass is 16.5. The molecule has 0 aromatic heterocycles. The maximum atomic E-state index is 11.9. The first kappa shape index (κ1) is 24.5. The van der Waals surface area contributed by atoms with Gasteiger partial charge < -0.3 is 14.4 Å². The van der Waals surface area contributed by atoms with E-state index >= 15 is 0 Å². The summed E-state index contributed by atoms with van der Waals surface area (Å²) in [7, 11) is 0. The molecule has 180 valence electrons. The molecular formula is C31H27NO4. The van der Waals surface area contributed by atoms with Crippen LogP contribution >= 0.6 is 0 Å². The topological polar surface area (TPSA) is 55.8 Å². The minimum Gasteiger partial charge on any atom is -0.426 e. The lowest BCUT2D eigenvalue weighted by atomic mass is 10.0. The van der Waals surface area contributed by atoms with Gasteiger partial charge in [0.05, 0.1) is 0 Å². The Balaban J connectivity index is 1.76. The zero-order chi connectivity index (χ0) is 25.5. The standard InChI is InChI=1S/C31H27NO4/c1-4-30(33)35-28-10-6-8-26(20-28)32(27-9-7-11-29(21-27)36-31(34)5-2)25-18-16-24(17-19-25)23-14-12-22(3)13-15-23/h4,6-21H,1,5H2,2-3H3. The van der Waals surface area contributed by atoms with Crippen LogP contribution in [0.3, 0.4) is 0 Å². The highest BCUT2D eigenvalue weighted by molar-refractivity contribution is 5.84. The van der Waals surface area contributed by atoms with Crippen molar-refractivity contribution < 1.29 is 19.1 Å². The molecule has 36 heavy (non-hydrogen) atoms. The lowest BCUT2D eigenvalue weighted by Crippen LogP contribution is -2.11. The summed E-state index contributed by atoms with van der Waals surface area (Å²) < 4.78 is 10.8. The summed E-state index contributed by atoms with van der Waals surface area (Å²) >= 11 is 0. The third-order valence-electron chi connectivity index (χ3n) is 5.57. The number of nitrogens with zero attached hydrogens (tertiary/aromatic N) is 1. The fourth-order valence-corrected chi connectivity index (χ4v) is 3.73.